The highest BCUT2D eigenvalue weighted by molar-refractivity contribution is 5.59. The number of methoxy groups -OCH3 is 1. The van der Waals surface area contributed by atoms with Crippen LogP contribution in [0.5, 0.6) is 5.75 Å². The number of ether oxygens (including phenoxy) is 1. The van der Waals surface area contributed by atoms with Crippen LogP contribution >= 0.6 is 0 Å². The summed E-state index contributed by atoms with van der Waals surface area (Å²) in [6.45, 7) is 0. The molecule has 0 saturated heterocycles. The lowest BCUT2D eigenvalue weighted by Gasteiger charge is -2.03. The van der Waals surface area contributed by atoms with E-state index < -0.39 is 0 Å². The largest absolute Gasteiger partial charge is 0.508 e. The third-order valence-corrected chi connectivity index (χ3v) is 2.76. The number of benzene rings is 2. The standard InChI is InChI=1S/C16H16O2/c1-18-15-10-8-14(9-11-15)16(17)12-7-13-5-3-2-4-6-13/h2-6,8-12,17H,7H2,1H3/b16-12+. The highest BCUT2D eigenvalue weighted by Crippen LogP contribution is 2.17. The lowest BCUT2D eigenvalue weighted by molar-refractivity contribution is 0.414. The van der Waals surface area contributed by atoms with Crippen LogP contribution in [0.2, 0.25) is 0 Å². The SMILES string of the molecule is COc1ccc(/C(O)=C\Cc2ccccc2)cc1. The van der Waals surface area contributed by atoms with E-state index >= 15 is 0 Å². The molecule has 0 aliphatic carbocycles. The quantitative estimate of drug-likeness (QED) is 0.823. The Balaban J connectivity index is 2.08. The van der Waals surface area contributed by atoms with Crippen LogP contribution in [0.1, 0.15) is 11.1 Å². The van der Waals surface area contributed by atoms with Crippen molar-refractivity contribution in [3.8, 4) is 5.75 Å². The fraction of sp³-hybridized carbons (Fsp3) is 0.125. The molecular formula is C16H16O2. The van der Waals surface area contributed by atoms with Crippen molar-refractivity contribution in [1.82, 2.24) is 0 Å². The van der Waals surface area contributed by atoms with Gasteiger partial charge >= 0.3 is 0 Å². The highest BCUT2D eigenvalue weighted by atomic mass is 16.5. The highest BCUT2D eigenvalue weighted by Gasteiger charge is 1.99. The Kier molecular flexibility index (Phi) is 4.02. The number of allylic oxidation sites excluding steroid dienone is 1. The summed E-state index contributed by atoms with van der Waals surface area (Å²) in [5, 5.41) is 9.97. The zero-order valence-electron chi connectivity index (χ0n) is 10.3. The molecule has 2 aromatic rings. The van der Waals surface area contributed by atoms with Crippen molar-refractivity contribution in [3.63, 3.8) is 0 Å². The van der Waals surface area contributed by atoms with Crippen LogP contribution in [0.15, 0.2) is 60.7 Å². The van der Waals surface area contributed by atoms with Crippen LogP contribution in [-0.4, -0.2) is 12.2 Å². The van der Waals surface area contributed by atoms with E-state index in [1.165, 1.54) is 5.56 Å². The van der Waals surface area contributed by atoms with Crippen LogP contribution in [0.4, 0.5) is 0 Å². The molecule has 0 aliphatic heterocycles. The monoisotopic (exact) mass is 240 g/mol. The van der Waals surface area contributed by atoms with Gasteiger partial charge in [-0.3, -0.25) is 0 Å². The minimum absolute atomic E-state index is 0.293. The van der Waals surface area contributed by atoms with Gasteiger partial charge in [-0.25, -0.2) is 0 Å². The molecule has 18 heavy (non-hydrogen) atoms. The fourth-order valence-corrected chi connectivity index (χ4v) is 1.71. The molecule has 0 unspecified atom stereocenters. The van der Waals surface area contributed by atoms with Crippen molar-refractivity contribution < 1.29 is 9.84 Å². The van der Waals surface area contributed by atoms with Crippen LogP contribution in [0.3, 0.4) is 0 Å². The normalized spacial score (nSPS) is 11.3. The molecule has 0 radical (unpaired) electrons. The summed E-state index contributed by atoms with van der Waals surface area (Å²) >= 11 is 0. The first-order chi connectivity index (χ1) is 8.79. The fourth-order valence-electron chi connectivity index (χ4n) is 1.71. The summed E-state index contributed by atoms with van der Waals surface area (Å²) in [5.74, 6) is 1.08. The molecule has 0 bridgehead atoms. The molecule has 0 heterocycles. The smallest absolute Gasteiger partial charge is 0.119 e. The van der Waals surface area contributed by atoms with Gasteiger partial charge in [0.05, 0.1) is 7.11 Å². The molecular weight excluding hydrogens is 224 g/mol. The molecule has 1 N–H and O–H groups in total. The van der Waals surface area contributed by atoms with Crippen LogP contribution in [0.25, 0.3) is 5.76 Å². The maximum Gasteiger partial charge on any atom is 0.119 e. The first-order valence-electron chi connectivity index (χ1n) is 5.87. The van der Waals surface area contributed by atoms with Crippen molar-refractivity contribution in [2.75, 3.05) is 7.11 Å². The molecule has 2 heteroatoms. The molecule has 2 aromatic carbocycles. The lowest BCUT2D eigenvalue weighted by atomic mass is 10.1. The maximum atomic E-state index is 9.97. The Morgan fingerprint density at radius 2 is 1.72 bits per heavy atom. The third-order valence-electron chi connectivity index (χ3n) is 2.76. The zero-order chi connectivity index (χ0) is 12.8. The second-order valence-electron chi connectivity index (χ2n) is 4.01. The first-order valence-corrected chi connectivity index (χ1v) is 5.87. The molecule has 0 aromatic heterocycles. The van der Waals surface area contributed by atoms with Crippen molar-refractivity contribution in [3.05, 3.63) is 71.8 Å². The zero-order valence-corrected chi connectivity index (χ0v) is 10.3. The molecule has 0 atom stereocenters. The van der Waals surface area contributed by atoms with Gasteiger partial charge in [0.25, 0.3) is 0 Å². The van der Waals surface area contributed by atoms with E-state index in [0.717, 1.165) is 17.7 Å². The van der Waals surface area contributed by atoms with E-state index in [2.05, 4.69) is 0 Å². The van der Waals surface area contributed by atoms with Crippen molar-refractivity contribution in [2.24, 2.45) is 0 Å². The summed E-state index contributed by atoms with van der Waals surface area (Å²) in [6.07, 6.45) is 2.54. The number of aliphatic hydroxyl groups excluding tert-OH is 1. The lowest BCUT2D eigenvalue weighted by Crippen LogP contribution is -1.87. The number of hydrogen-bond donors (Lipinski definition) is 1. The summed E-state index contributed by atoms with van der Waals surface area (Å²) in [5.41, 5.74) is 1.98. The number of aliphatic hydroxyl groups is 1. The average molecular weight is 240 g/mol. The Morgan fingerprint density at radius 3 is 2.33 bits per heavy atom. The minimum atomic E-state index is 0.293. The minimum Gasteiger partial charge on any atom is -0.508 e. The molecule has 0 aliphatic rings. The summed E-state index contributed by atoms with van der Waals surface area (Å²) in [6, 6.07) is 17.4. The Hall–Kier alpha value is -2.22. The summed E-state index contributed by atoms with van der Waals surface area (Å²) < 4.78 is 5.08. The van der Waals surface area contributed by atoms with Crippen molar-refractivity contribution >= 4 is 5.76 Å². The van der Waals surface area contributed by atoms with Crippen molar-refractivity contribution in [1.29, 1.82) is 0 Å². The Morgan fingerprint density at radius 1 is 1.06 bits per heavy atom. The molecule has 2 rings (SSSR count). The molecule has 0 saturated carbocycles. The van der Waals surface area contributed by atoms with E-state index in [-0.39, 0.29) is 0 Å². The molecule has 92 valence electrons. The first kappa shape index (κ1) is 12.2. The number of rotatable bonds is 4. The molecule has 0 amide bonds. The van der Waals surface area contributed by atoms with Gasteiger partial charge in [-0.2, -0.15) is 0 Å². The second kappa shape index (κ2) is 5.92. The van der Waals surface area contributed by atoms with Gasteiger partial charge in [-0.05, 0) is 42.3 Å². The van der Waals surface area contributed by atoms with E-state index in [0.29, 0.717) is 5.76 Å². The van der Waals surface area contributed by atoms with Gasteiger partial charge < -0.3 is 9.84 Å². The predicted molar refractivity (Wildman–Crippen MR) is 73.7 cm³/mol. The molecule has 0 fully saturated rings. The Labute approximate surface area is 107 Å². The van der Waals surface area contributed by atoms with E-state index in [9.17, 15) is 5.11 Å². The van der Waals surface area contributed by atoms with Crippen LogP contribution in [-0.2, 0) is 6.42 Å². The van der Waals surface area contributed by atoms with E-state index in [4.69, 9.17) is 4.74 Å². The average Bonchev–Trinajstić information content (AvgIpc) is 2.46. The summed E-state index contributed by atoms with van der Waals surface area (Å²) in [4.78, 5) is 0. The van der Waals surface area contributed by atoms with Gasteiger partial charge in [-0.15, -0.1) is 0 Å². The molecule has 2 nitrogen and oxygen atoms in total. The Bertz CT molecular complexity index is 513. The summed E-state index contributed by atoms with van der Waals surface area (Å²) in [7, 11) is 1.63. The van der Waals surface area contributed by atoms with Gasteiger partial charge in [-0.1, -0.05) is 30.3 Å². The molecule has 0 spiro atoms. The van der Waals surface area contributed by atoms with Gasteiger partial charge in [0, 0.05) is 5.56 Å². The van der Waals surface area contributed by atoms with Gasteiger partial charge in [0.1, 0.15) is 11.5 Å². The number of hydrogen-bond acceptors (Lipinski definition) is 2. The van der Waals surface area contributed by atoms with Crippen LogP contribution < -0.4 is 4.74 Å². The van der Waals surface area contributed by atoms with Crippen molar-refractivity contribution in [2.45, 2.75) is 6.42 Å². The van der Waals surface area contributed by atoms with Crippen LogP contribution in [0, 0.1) is 0 Å². The van der Waals surface area contributed by atoms with E-state index in [1.54, 1.807) is 7.11 Å². The van der Waals surface area contributed by atoms with E-state index in [1.807, 2.05) is 60.7 Å². The predicted octanol–water partition coefficient (Wildman–Crippen LogP) is 3.84. The maximum absolute atomic E-state index is 9.97. The third kappa shape index (κ3) is 3.14. The van der Waals surface area contributed by atoms with Gasteiger partial charge in [0.15, 0.2) is 0 Å². The topological polar surface area (TPSA) is 29.5 Å². The van der Waals surface area contributed by atoms with Gasteiger partial charge in [0.2, 0.25) is 0 Å². The second-order valence-corrected chi connectivity index (χ2v) is 4.01.